The summed E-state index contributed by atoms with van der Waals surface area (Å²) in [5.74, 6) is 0.240. The number of ether oxygens (including phenoxy) is 1. The summed E-state index contributed by atoms with van der Waals surface area (Å²) < 4.78 is 12.1. The van der Waals surface area contributed by atoms with Gasteiger partial charge in [-0.2, -0.15) is 0 Å². The van der Waals surface area contributed by atoms with Gasteiger partial charge in [-0.15, -0.1) is 0 Å². The predicted octanol–water partition coefficient (Wildman–Crippen LogP) is 1.65. The van der Waals surface area contributed by atoms with E-state index >= 15 is 0 Å². The minimum atomic E-state index is -1.01. The molecule has 1 aromatic heterocycles. The number of fused-ring (bicyclic) bond motifs is 2. The molecular weight excluding hydrogens is 405 g/mol. The van der Waals surface area contributed by atoms with Gasteiger partial charge in [-0.25, -0.2) is 4.98 Å². The predicted molar refractivity (Wildman–Crippen MR) is 111 cm³/mol. The molecule has 0 bridgehead atoms. The number of rotatable bonds is 8. The number of aliphatic carboxylic acids is 1. The first kappa shape index (κ1) is 23.0. The number of carbonyl (C=O) groups is 1. The van der Waals surface area contributed by atoms with Crippen molar-refractivity contribution in [2.45, 2.75) is 32.6 Å². The second-order valence-corrected chi connectivity index (χ2v) is 7.22. The molecule has 148 valence electrons. The number of nitrogens with zero attached hydrogens (tertiary/aromatic N) is 1. The molecule has 4 aromatic rings. The first-order valence-electron chi connectivity index (χ1n) is 9.83. The van der Waals surface area contributed by atoms with Gasteiger partial charge in [0, 0.05) is 5.97 Å². The molecule has 0 aliphatic heterocycles. The number of carboxylic acids is 1. The number of benzene rings is 3. The van der Waals surface area contributed by atoms with Crippen molar-refractivity contribution in [2.75, 3.05) is 6.61 Å². The number of aromatic nitrogens is 1. The van der Waals surface area contributed by atoms with E-state index in [-0.39, 0.29) is 57.8 Å². The normalized spacial score (nSPS) is 10.8. The fraction of sp³-hybridized carbons (Fsp3) is 0.250. The molecule has 0 fully saturated rings. The largest absolute Gasteiger partial charge is 1.00 e. The van der Waals surface area contributed by atoms with Crippen LogP contribution >= 0.6 is 0 Å². The smallest absolute Gasteiger partial charge is 0.550 e. The van der Waals surface area contributed by atoms with Crippen molar-refractivity contribution in [2.24, 2.45) is 0 Å². The Hall–Kier alpha value is -1.70. The van der Waals surface area contributed by atoms with Crippen molar-refractivity contribution >= 4 is 27.8 Å². The van der Waals surface area contributed by atoms with Crippen LogP contribution in [-0.4, -0.2) is 17.6 Å². The number of hydrogen-bond acceptors (Lipinski definition) is 5. The van der Waals surface area contributed by atoms with Crippen molar-refractivity contribution in [1.29, 1.82) is 0 Å². The SMILES string of the molecule is Cc1ccc2nc(-c3cc4ccccc4cc3OCCCCCC(=O)[O-])oc2c1.[K+]. The zero-order chi connectivity index (χ0) is 20.2. The quantitative estimate of drug-likeness (QED) is 0.316. The van der Waals surface area contributed by atoms with Gasteiger partial charge in [0.1, 0.15) is 11.3 Å². The molecule has 0 saturated carbocycles. The fourth-order valence-electron chi connectivity index (χ4n) is 3.38. The average molecular weight is 428 g/mol. The monoisotopic (exact) mass is 427 g/mol. The average Bonchev–Trinajstić information content (AvgIpc) is 3.12. The minimum absolute atomic E-state index is 0. The zero-order valence-electron chi connectivity index (χ0n) is 17.3. The number of aryl methyl sites for hydroxylation is 1. The maximum absolute atomic E-state index is 10.5. The zero-order valence-corrected chi connectivity index (χ0v) is 20.4. The van der Waals surface area contributed by atoms with Gasteiger partial charge in [-0.3, -0.25) is 0 Å². The van der Waals surface area contributed by atoms with Gasteiger partial charge < -0.3 is 19.1 Å². The molecule has 0 spiro atoms. The molecule has 0 atom stereocenters. The summed E-state index contributed by atoms with van der Waals surface area (Å²) in [5, 5.41) is 12.7. The van der Waals surface area contributed by atoms with E-state index in [1.165, 1.54) is 0 Å². The van der Waals surface area contributed by atoms with Crippen LogP contribution < -0.4 is 61.2 Å². The molecule has 0 aliphatic rings. The second-order valence-electron chi connectivity index (χ2n) is 7.22. The van der Waals surface area contributed by atoms with Gasteiger partial charge in [0.05, 0.1) is 12.2 Å². The summed E-state index contributed by atoms with van der Waals surface area (Å²) in [5.41, 5.74) is 3.49. The van der Waals surface area contributed by atoms with Gasteiger partial charge in [0.25, 0.3) is 0 Å². The third-order valence-corrected chi connectivity index (χ3v) is 4.91. The van der Waals surface area contributed by atoms with Crippen LogP contribution in [0.15, 0.2) is 59.0 Å². The summed E-state index contributed by atoms with van der Waals surface area (Å²) >= 11 is 0. The Balaban J connectivity index is 0.00000256. The van der Waals surface area contributed by atoms with Gasteiger partial charge in [-0.1, -0.05) is 30.3 Å². The van der Waals surface area contributed by atoms with E-state index in [4.69, 9.17) is 9.15 Å². The number of oxazole rings is 1. The number of hydrogen-bond donors (Lipinski definition) is 0. The molecule has 3 aromatic carbocycles. The first-order valence-corrected chi connectivity index (χ1v) is 9.83. The van der Waals surface area contributed by atoms with Crippen LogP contribution in [0.4, 0.5) is 0 Å². The van der Waals surface area contributed by atoms with Gasteiger partial charge in [0.15, 0.2) is 5.58 Å². The van der Waals surface area contributed by atoms with E-state index in [1.807, 2.05) is 55.5 Å². The Morgan fingerprint density at radius 3 is 2.57 bits per heavy atom. The van der Waals surface area contributed by atoms with Crippen LogP contribution in [0.25, 0.3) is 33.3 Å². The summed E-state index contributed by atoms with van der Waals surface area (Å²) in [6.07, 6.45) is 2.23. The van der Waals surface area contributed by atoms with Crippen molar-refractivity contribution in [3.8, 4) is 17.2 Å². The van der Waals surface area contributed by atoms with Crippen molar-refractivity contribution in [3.05, 3.63) is 60.2 Å². The Labute approximate surface area is 217 Å². The number of unbranched alkanes of at least 4 members (excludes halogenated alkanes) is 2. The molecular formula is C24H22KNO4. The van der Waals surface area contributed by atoms with Crippen molar-refractivity contribution in [3.63, 3.8) is 0 Å². The Kier molecular flexibility index (Phi) is 8.08. The second kappa shape index (κ2) is 10.6. The third kappa shape index (κ3) is 5.50. The molecule has 5 nitrogen and oxygen atoms in total. The Morgan fingerprint density at radius 2 is 1.80 bits per heavy atom. The molecule has 4 rings (SSSR count). The maximum atomic E-state index is 10.5. The van der Waals surface area contributed by atoms with Crippen molar-refractivity contribution in [1.82, 2.24) is 4.98 Å². The van der Waals surface area contributed by atoms with Gasteiger partial charge >= 0.3 is 51.4 Å². The van der Waals surface area contributed by atoms with Crippen LogP contribution in [0.1, 0.15) is 31.2 Å². The molecule has 0 radical (unpaired) electrons. The third-order valence-electron chi connectivity index (χ3n) is 4.91. The topological polar surface area (TPSA) is 75.4 Å². The molecule has 0 aliphatic carbocycles. The van der Waals surface area contributed by atoms with Crippen molar-refractivity contribution < 1.29 is 70.4 Å². The Bertz CT molecular complexity index is 1170. The standard InChI is InChI=1S/C24H23NO4.K/c1-16-10-11-20-22(13-16)29-24(25-20)19-14-17-7-4-5-8-18(17)15-21(19)28-12-6-2-3-9-23(26)27;/h4-5,7-8,10-11,13-15H,2-3,6,9,12H2,1H3,(H,26,27);/q;+1/p-1. The van der Waals surface area contributed by atoms with Crippen LogP contribution in [0, 0.1) is 6.92 Å². The molecule has 0 saturated heterocycles. The molecule has 6 heteroatoms. The van der Waals surface area contributed by atoms with E-state index in [9.17, 15) is 9.90 Å². The van der Waals surface area contributed by atoms with Gasteiger partial charge in [0.2, 0.25) is 5.89 Å². The Morgan fingerprint density at radius 1 is 1.03 bits per heavy atom. The van der Waals surface area contributed by atoms with Crippen LogP contribution in [0.3, 0.4) is 0 Å². The van der Waals surface area contributed by atoms with Crippen LogP contribution in [0.2, 0.25) is 0 Å². The maximum Gasteiger partial charge on any atom is 1.00 e. The molecule has 0 N–H and O–H groups in total. The molecule has 0 amide bonds. The van der Waals surface area contributed by atoms with E-state index in [0.717, 1.165) is 45.8 Å². The summed E-state index contributed by atoms with van der Waals surface area (Å²) in [6, 6.07) is 18.1. The van der Waals surface area contributed by atoms with E-state index in [0.29, 0.717) is 24.7 Å². The van der Waals surface area contributed by atoms with E-state index in [1.54, 1.807) is 0 Å². The first-order chi connectivity index (χ1) is 14.1. The number of carbonyl (C=O) groups excluding carboxylic acids is 1. The fourth-order valence-corrected chi connectivity index (χ4v) is 3.38. The molecule has 1 heterocycles. The summed E-state index contributed by atoms with van der Waals surface area (Å²) in [6.45, 7) is 2.52. The van der Waals surface area contributed by atoms with Crippen LogP contribution in [0.5, 0.6) is 5.75 Å². The molecule has 0 unspecified atom stereocenters. The minimum Gasteiger partial charge on any atom is -0.550 e. The number of carboxylic acid groups (broad SMARTS) is 1. The summed E-state index contributed by atoms with van der Waals surface area (Å²) in [4.78, 5) is 15.2. The van der Waals surface area contributed by atoms with Gasteiger partial charge in [-0.05, 0) is 73.2 Å². The summed E-state index contributed by atoms with van der Waals surface area (Å²) in [7, 11) is 0. The van der Waals surface area contributed by atoms with E-state index in [2.05, 4.69) is 11.1 Å². The molecule has 30 heavy (non-hydrogen) atoms. The van der Waals surface area contributed by atoms with E-state index < -0.39 is 5.97 Å². The van der Waals surface area contributed by atoms with Crippen LogP contribution in [-0.2, 0) is 4.79 Å².